The minimum Gasteiger partial charge on any atom is -0.294 e. The van der Waals surface area contributed by atoms with Gasteiger partial charge in [0.15, 0.2) is 0 Å². The first-order valence-corrected chi connectivity index (χ1v) is 5.33. The fraction of sp³-hybridized carbons (Fsp3) is 0.636. The van der Waals surface area contributed by atoms with Crippen molar-refractivity contribution in [1.82, 2.24) is 9.55 Å². The molecule has 1 aromatic heterocycles. The Morgan fingerprint density at radius 2 is 2.43 bits per heavy atom. The first-order valence-electron chi connectivity index (χ1n) is 5.33. The molecule has 1 atom stereocenters. The van der Waals surface area contributed by atoms with E-state index in [2.05, 4.69) is 11.9 Å². The van der Waals surface area contributed by atoms with E-state index in [1.54, 1.807) is 6.07 Å². The van der Waals surface area contributed by atoms with Crippen LogP contribution < -0.4 is 5.56 Å². The van der Waals surface area contributed by atoms with Gasteiger partial charge < -0.3 is 0 Å². The highest BCUT2D eigenvalue weighted by atomic mass is 16.1. The van der Waals surface area contributed by atoms with Gasteiger partial charge in [0.05, 0.1) is 0 Å². The zero-order valence-corrected chi connectivity index (χ0v) is 8.79. The molecule has 1 aromatic rings. The van der Waals surface area contributed by atoms with Crippen molar-refractivity contribution < 1.29 is 0 Å². The number of hydrogen-bond donors (Lipinski definition) is 0. The van der Waals surface area contributed by atoms with Crippen LogP contribution in [-0.4, -0.2) is 9.55 Å². The number of aromatic nitrogens is 2. The van der Waals surface area contributed by atoms with Crippen molar-refractivity contribution >= 4 is 0 Å². The SMILES string of the molecule is CCc1cc(=O)n2c(n1)CCC[C@H]2C. The van der Waals surface area contributed by atoms with Crippen LogP contribution in [-0.2, 0) is 12.8 Å². The third kappa shape index (κ3) is 1.47. The molecule has 2 rings (SSSR count). The predicted octanol–water partition coefficient (Wildman–Crippen LogP) is 1.70. The topological polar surface area (TPSA) is 34.9 Å². The third-order valence-corrected chi connectivity index (χ3v) is 2.90. The van der Waals surface area contributed by atoms with Crippen LogP contribution in [0, 0.1) is 0 Å². The molecule has 14 heavy (non-hydrogen) atoms. The van der Waals surface area contributed by atoms with Gasteiger partial charge in [0.25, 0.3) is 5.56 Å². The molecule has 0 saturated carbocycles. The van der Waals surface area contributed by atoms with E-state index in [0.717, 1.165) is 37.2 Å². The van der Waals surface area contributed by atoms with E-state index in [-0.39, 0.29) is 5.56 Å². The molecule has 0 aromatic carbocycles. The molecule has 0 amide bonds. The Bertz CT molecular complexity index is 395. The summed E-state index contributed by atoms with van der Waals surface area (Å²) in [5, 5.41) is 0. The highest BCUT2D eigenvalue weighted by Gasteiger charge is 2.18. The summed E-state index contributed by atoms with van der Waals surface area (Å²) < 4.78 is 1.85. The van der Waals surface area contributed by atoms with E-state index in [9.17, 15) is 4.79 Å². The van der Waals surface area contributed by atoms with Gasteiger partial charge >= 0.3 is 0 Å². The highest BCUT2D eigenvalue weighted by molar-refractivity contribution is 5.07. The minimum atomic E-state index is 0.124. The number of hydrogen-bond acceptors (Lipinski definition) is 2. The van der Waals surface area contributed by atoms with Crippen LogP contribution in [0.4, 0.5) is 0 Å². The molecular weight excluding hydrogens is 176 g/mol. The van der Waals surface area contributed by atoms with E-state index in [0.29, 0.717) is 6.04 Å². The van der Waals surface area contributed by atoms with Crippen LogP contribution in [0.25, 0.3) is 0 Å². The molecule has 0 saturated heterocycles. The highest BCUT2D eigenvalue weighted by Crippen LogP contribution is 2.20. The van der Waals surface area contributed by atoms with E-state index >= 15 is 0 Å². The summed E-state index contributed by atoms with van der Waals surface area (Å²) in [5.41, 5.74) is 1.05. The standard InChI is InChI=1S/C11H16N2O/c1-3-9-7-11(14)13-8(2)5-4-6-10(13)12-9/h7-8H,3-6H2,1-2H3/t8-/m1/s1. The maximum Gasteiger partial charge on any atom is 0.253 e. The van der Waals surface area contributed by atoms with Gasteiger partial charge in [-0.25, -0.2) is 4.98 Å². The van der Waals surface area contributed by atoms with Gasteiger partial charge in [-0.05, 0) is 26.2 Å². The summed E-state index contributed by atoms with van der Waals surface area (Å²) in [6.07, 6.45) is 4.05. The molecule has 0 fully saturated rings. The maximum atomic E-state index is 11.8. The smallest absolute Gasteiger partial charge is 0.253 e. The number of nitrogens with zero attached hydrogens (tertiary/aromatic N) is 2. The predicted molar refractivity (Wildman–Crippen MR) is 55.5 cm³/mol. The maximum absolute atomic E-state index is 11.8. The fourth-order valence-corrected chi connectivity index (χ4v) is 2.10. The largest absolute Gasteiger partial charge is 0.294 e. The molecule has 1 aliphatic heterocycles. The van der Waals surface area contributed by atoms with E-state index in [4.69, 9.17) is 0 Å². The number of aryl methyl sites for hydroxylation is 2. The van der Waals surface area contributed by atoms with Gasteiger partial charge in [0.1, 0.15) is 5.82 Å². The lowest BCUT2D eigenvalue weighted by Crippen LogP contribution is -2.31. The van der Waals surface area contributed by atoms with Gasteiger partial charge in [-0.3, -0.25) is 9.36 Å². The van der Waals surface area contributed by atoms with Crippen LogP contribution in [0.3, 0.4) is 0 Å². The van der Waals surface area contributed by atoms with Crippen molar-refractivity contribution in [2.24, 2.45) is 0 Å². The third-order valence-electron chi connectivity index (χ3n) is 2.90. The second kappa shape index (κ2) is 3.56. The van der Waals surface area contributed by atoms with Crippen molar-refractivity contribution in [2.75, 3.05) is 0 Å². The summed E-state index contributed by atoms with van der Waals surface area (Å²) >= 11 is 0. The number of rotatable bonds is 1. The van der Waals surface area contributed by atoms with Crippen molar-refractivity contribution in [2.45, 2.75) is 45.6 Å². The molecule has 76 valence electrons. The van der Waals surface area contributed by atoms with Crippen molar-refractivity contribution in [3.63, 3.8) is 0 Å². The van der Waals surface area contributed by atoms with Crippen LogP contribution >= 0.6 is 0 Å². The molecule has 3 nitrogen and oxygen atoms in total. The average Bonchev–Trinajstić information content (AvgIpc) is 2.17. The van der Waals surface area contributed by atoms with Crippen molar-refractivity contribution in [3.05, 3.63) is 27.9 Å². The molecule has 0 aliphatic carbocycles. The molecule has 1 aliphatic rings. The van der Waals surface area contributed by atoms with Crippen LogP contribution in [0.2, 0.25) is 0 Å². The summed E-state index contributed by atoms with van der Waals surface area (Å²) in [6.45, 7) is 4.13. The van der Waals surface area contributed by atoms with Gasteiger partial charge in [0, 0.05) is 24.2 Å². The first-order chi connectivity index (χ1) is 6.72. The Labute approximate surface area is 83.8 Å². The summed E-state index contributed by atoms with van der Waals surface area (Å²) in [4.78, 5) is 16.3. The minimum absolute atomic E-state index is 0.124. The lowest BCUT2D eigenvalue weighted by atomic mass is 10.1. The molecule has 0 bridgehead atoms. The molecule has 0 N–H and O–H groups in total. The average molecular weight is 192 g/mol. The van der Waals surface area contributed by atoms with Crippen LogP contribution in [0.15, 0.2) is 10.9 Å². The van der Waals surface area contributed by atoms with Crippen LogP contribution in [0.5, 0.6) is 0 Å². The fourth-order valence-electron chi connectivity index (χ4n) is 2.10. The molecule has 0 radical (unpaired) electrons. The Balaban J connectivity index is 2.57. The van der Waals surface area contributed by atoms with Crippen molar-refractivity contribution in [1.29, 1.82) is 0 Å². The Hall–Kier alpha value is -1.12. The van der Waals surface area contributed by atoms with Gasteiger partial charge in [-0.1, -0.05) is 6.92 Å². The van der Waals surface area contributed by atoms with E-state index in [1.807, 2.05) is 11.5 Å². The second-order valence-electron chi connectivity index (χ2n) is 3.97. The normalized spacial score (nSPS) is 20.6. The molecular formula is C11H16N2O. The summed E-state index contributed by atoms with van der Waals surface area (Å²) in [5.74, 6) is 0.980. The van der Waals surface area contributed by atoms with Crippen molar-refractivity contribution in [3.8, 4) is 0 Å². The molecule has 0 unspecified atom stereocenters. The summed E-state index contributed by atoms with van der Waals surface area (Å²) in [6, 6.07) is 2.00. The van der Waals surface area contributed by atoms with E-state index < -0.39 is 0 Å². The monoisotopic (exact) mass is 192 g/mol. The Morgan fingerprint density at radius 1 is 1.64 bits per heavy atom. The zero-order chi connectivity index (χ0) is 10.1. The Morgan fingerprint density at radius 3 is 3.14 bits per heavy atom. The summed E-state index contributed by atoms with van der Waals surface area (Å²) in [7, 11) is 0. The number of fused-ring (bicyclic) bond motifs is 1. The quantitative estimate of drug-likeness (QED) is 0.679. The van der Waals surface area contributed by atoms with Crippen LogP contribution in [0.1, 0.15) is 44.2 Å². The first kappa shape index (κ1) is 9.44. The lowest BCUT2D eigenvalue weighted by Gasteiger charge is -2.24. The van der Waals surface area contributed by atoms with E-state index in [1.165, 1.54) is 0 Å². The van der Waals surface area contributed by atoms with Gasteiger partial charge in [0.2, 0.25) is 0 Å². The van der Waals surface area contributed by atoms with Gasteiger partial charge in [-0.15, -0.1) is 0 Å². The molecule has 3 heteroatoms. The molecule has 2 heterocycles. The zero-order valence-electron chi connectivity index (χ0n) is 8.79. The molecule has 0 spiro atoms. The second-order valence-corrected chi connectivity index (χ2v) is 3.97. The van der Waals surface area contributed by atoms with Gasteiger partial charge in [-0.2, -0.15) is 0 Å². The lowest BCUT2D eigenvalue weighted by molar-refractivity contribution is 0.403. The Kier molecular flexibility index (Phi) is 2.40.